The van der Waals surface area contributed by atoms with Gasteiger partial charge in [0.25, 0.3) is 0 Å². The molecule has 0 aromatic carbocycles. The molecule has 0 unspecified atom stereocenters. The Kier molecular flexibility index (Phi) is 2.91. The van der Waals surface area contributed by atoms with Crippen LogP contribution in [0.1, 0.15) is 33.6 Å². The van der Waals surface area contributed by atoms with Crippen molar-refractivity contribution in [1.29, 1.82) is 0 Å². The van der Waals surface area contributed by atoms with E-state index in [0.717, 1.165) is 18.6 Å². The van der Waals surface area contributed by atoms with Crippen molar-refractivity contribution in [2.75, 3.05) is 0 Å². The molecule has 0 radical (unpaired) electrons. The number of nitrogens with zero attached hydrogens (tertiary/aromatic N) is 1. The lowest BCUT2D eigenvalue weighted by atomic mass is 9.89. The summed E-state index contributed by atoms with van der Waals surface area (Å²) in [6.07, 6.45) is 8.27. The fourth-order valence-corrected chi connectivity index (χ4v) is 1.16. The van der Waals surface area contributed by atoms with Crippen molar-refractivity contribution in [1.82, 2.24) is 0 Å². The fourth-order valence-electron chi connectivity index (χ4n) is 1.16. The number of hydrogen-bond donors (Lipinski definition) is 1. The van der Waals surface area contributed by atoms with Crippen LogP contribution in [0.25, 0.3) is 0 Å². The molecule has 0 fully saturated rings. The van der Waals surface area contributed by atoms with E-state index in [2.05, 4.69) is 37.9 Å². The number of aliphatic imine (C=N–C) groups is 1. The SMILES string of the molecule is CC(C)(C)C1=N/C(N)=C\CC/C=C\1. The number of rotatable bonds is 0. The van der Waals surface area contributed by atoms with Gasteiger partial charge in [0.2, 0.25) is 0 Å². The van der Waals surface area contributed by atoms with Crippen molar-refractivity contribution in [3.8, 4) is 0 Å². The summed E-state index contributed by atoms with van der Waals surface area (Å²) in [4.78, 5) is 4.38. The molecule has 1 heterocycles. The zero-order valence-electron chi connectivity index (χ0n) is 8.67. The van der Waals surface area contributed by atoms with Gasteiger partial charge in [-0.2, -0.15) is 0 Å². The summed E-state index contributed by atoms with van der Waals surface area (Å²) >= 11 is 0. The minimum absolute atomic E-state index is 0.0757. The second-order valence-electron chi connectivity index (χ2n) is 4.36. The van der Waals surface area contributed by atoms with Crippen LogP contribution in [-0.2, 0) is 0 Å². The van der Waals surface area contributed by atoms with E-state index >= 15 is 0 Å². The molecule has 0 aromatic rings. The summed E-state index contributed by atoms with van der Waals surface area (Å²) in [6.45, 7) is 6.43. The van der Waals surface area contributed by atoms with Crippen LogP contribution in [0, 0.1) is 5.41 Å². The van der Waals surface area contributed by atoms with Gasteiger partial charge in [-0.1, -0.05) is 26.8 Å². The Balaban J connectivity index is 2.98. The van der Waals surface area contributed by atoms with Gasteiger partial charge in [-0.05, 0) is 25.0 Å². The zero-order valence-corrected chi connectivity index (χ0v) is 8.67. The summed E-state index contributed by atoms with van der Waals surface area (Å²) in [5.41, 5.74) is 6.86. The van der Waals surface area contributed by atoms with Gasteiger partial charge >= 0.3 is 0 Å². The van der Waals surface area contributed by atoms with Crippen LogP contribution in [0.3, 0.4) is 0 Å². The van der Waals surface area contributed by atoms with Gasteiger partial charge in [0.1, 0.15) is 5.82 Å². The van der Waals surface area contributed by atoms with Gasteiger partial charge in [0, 0.05) is 11.1 Å². The van der Waals surface area contributed by atoms with E-state index in [4.69, 9.17) is 5.73 Å². The Hall–Kier alpha value is -1.05. The largest absolute Gasteiger partial charge is 0.384 e. The molecule has 0 saturated carbocycles. The van der Waals surface area contributed by atoms with Crippen molar-refractivity contribution in [3.05, 3.63) is 24.0 Å². The lowest BCUT2D eigenvalue weighted by molar-refractivity contribution is 0.592. The van der Waals surface area contributed by atoms with E-state index in [-0.39, 0.29) is 5.41 Å². The van der Waals surface area contributed by atoms with Gasteiger partial charge in [0.15, 0.2) is 0 Å². The summed E-state index contributed by atoms with van der Waals surface area (Å²) in [5, 5.41) is 0. The molecular weight excluding hydrogens is 160 g/mol. The Labute approximate surface area is 80.2 Å². The lowest BCUT2D eigenvalue weighted by Crippen LogP contribution is -2.19. The van der Waals surface area contributed by atoms with Gasteiger partial charge in [-0.15, -0.1) is 0 Å². The van der Waals surface area contributed by atoms with Crippen LogP contribution in [0.4, 0.5) is 0 Å². The summed E-state index contributed by atoms with van der Waals surface area (Å²) in [6, 6.07) is 0. The molecule has 2 N–H and O–H groups in total. The maximum atomic E-state index is 5.73. The molecule has 2 nitrogen and oxygen atoms in total. The molecule has 1 aliphatic heterocycles. The maximum Gasteiger partial charge on any atom is 0.119 e. The van der Waals surface area contributed by atoms with E-state index in [1.165, 1.54) is 0 Å². The molecule has 2 heteroatoms. The van der Waals surface area contributed by atoms with Crippen LogP contribution in [0.2, 0.25) is 0 Å². The molecule has 72 valence electrons. The van der Waals surface area contributed by atoms with Gasteiger partial charge in [-0.3, -0.25) is 0 Å². The average molecular weight is 178 g/mol. The second kappa shape index (κ2) is 3.77. The van der Waals surface area contributed by atoms with Crippen molar-refractivity contribution in [2.24, 2.45) is 16.1 Å². The number of hydrogen-bond acceptors (Lipinski definition) is 2. The first-order chi connectivity index (χ1) is 6.00. The summed E-state index contributed by atoms with van der Waals surface area (Å²) in [7, 11) is 0. The third kappa shape index (κ3) is 3.05. The van der Waals surface area contributed by atoms with Crippen LogP contribution < -0.4 is 5.73 Å². The predicted molar refractivity (Wildman–Crippen MR) is 57.5 cm³/mol. The highest BCUT2D eigenvalue weighted by atomic mass is 14.9. The van der Waals surface area contributed by atoms with E-state index < -0.39 is 0 Å². The van der Waals surface area contributed by atoms with E-state index in [9.17, 15) is 0 Å². The Morgan fingerprint density at radius 3 is 2.62 bits per heavy atom. The van der Waals surface area contributed by atoms with Crippen LogP contribution >= 0.6 is 0 Å². The van der Waals surface area contributed by atoms with Crippen molar-refractivity contribution in [2.45, 2.75) is 33.6 Å². The maximum absolute atomic E-state index is 5.73. The first-order valence-corrected chi connectivity index (χ1v) is 4.71. The quantitative estimate of drug-likeness (QED) is 0.608. The zero-order chi connectivity index (χ0) is 9.90. The third-order valence-corrected chi connectivity index (χ3v) is 1.98. The van der Waals surface area contributed by atoms with E-state index in [0.29, 0.717) is 5.82 Å². The third-order valence-electron chi connectivity index (χ3n) is 1.98. The molecule has 0 spiro atoms. The first-order valence-electron chi connectivity index (χ1n) is 4.71. The summed E-state index contributed by atoms with van der Waals surface area (Å²) < 4.78 is 0. The standard InChI is InChI=1S/C11H18N2/c1-11(2,3)9-7-5-4-6-8-10(12)13-9/h5,7-8H,4,6,12H2,1-3H3/b7-5-,10-8-,13-9+. The molecule has 1 rings (SSSR count). The summed E-state index contributed by atoms with van der Waals surface area (Å²) in [5.74, 6) is 0.647. The van der Waals surface area contributed by atoms with Crippen molar-refractivity contribution < 1.29 is 0 Å². The highest BCUT2D eigenvalue weighted by Gasteiger charge is 2.16. The molecule has 0 aliphatic carbocycles. The number of allylic oxidation sites excluding steroid dienone is 3. The molecule has 13 heavy (non-hydrogen) atoms. The predicted octanol–water partition coefficient (Wildman–Crippen LogP) is 2.62. The number of nitrogens with two attached hydrogens (primary N) is 1. The van der Waals surface area contributed by atoms with Gasteiger partial charge < -0.3 is 5.73 Å². The minimum Gasteiger partial charge on any atom is -0.384 e. The van der Waals surface area contributed by atoms with E-state index in [1.54, 1.807) is 0 Å². The normalized spacial score (nSPS) is 29.2. The molecule has 0 saturated heterocycles. The smallest absolute Gasteiger partial charge is 0.119 e. The second-order valence-corrected chi connectivity index (χ2v) is 4.36. The fraction of sp³-hybridized carbons (Fsp3) is 0.545. The molecule has 1 aliphatic rings. The Bertz CT molecular complexity index is 264. The van der Waals surface area contributed by atoms with Crippen LogP contribution in [0.5, 0.6) is 0 Å². The molecular formula is C11H18N2. The molecule has 0 aromatic heterocycles. The lowest BCUT2D eigenvalue weighted by Gasteiger charge is -2.19. The van der Waals surface area contributed by atoms with Crippen molar-refractivity contribution >= 4 is 5.71 Å². The topological polar surface area (TPSA) is 38.4 Å². The van der Waals surface area contributed by atoms with Crippen molar-refractivity contribution in [3.63, 3.8) is 0 Å². The Morgan fingerprint density at radius 2 is 2.00 bits per heavy atom. The highest BCUT2D eigenvalue weighted by molar-refractivity contribution is 5.99. The average Bonchev–Trinajstić information content (AvgIpc) is 1.94. The van der Waals surface area contributed by atoms with E-state index in [1.807, 2.05) is 6.08 Å². The van der Waals surface area contributed by atoms with Crippen LogP contribution in [-0.4, -0.2) is 5.71 Å². The minimum atomic E-state index is 0.0757. The highest BCUT2D eigenvalue weighted by Crippen LogP contribution is 2.19. The Morgan fingerprint density at radius 1 is 1.31 bits per heavy atom. The molecule has 0 bridgehead atoms. The molecule has 0 amide bonds. The van der Waals surface area contributed by atoms with Gasteiger partial charge in [-0.25, -0.2) is 4.99 Å². The van der Waals surface area contributed by atoms with Gasteiger partial charge in [0.05, 0.1) is 0 Å². The van der Waals surface area contributed by atoms with Crippen LogP contribution in [0.15, 0.2) is 29.0 Å². The first kappa shape index (κ1) is 10.0. The molecule has 0 atom stereocenters. The monoisotopic (exact) mass is 178 g/mol.